The van der Waals surface area contributed by atoms with Gasteiger partial charge < -0.3 is 15.5 Å². The summed E-state index contributed by atoms with van der Waals surface area (Å²) >= 11 is 0. The zero-order valence-corrected chi connectivity index (χ0v) is 20.1. The van der Waals surface area contributed by atoms with E-state index in [2.05, 4.69) is 58.9 Å². The zero-order chi connectivity index (χ0) is 23.6. The summed E-state index contributed by atoms with van der Waals surface area (Å²) in [5, 5.41) is 10.7. The van der Waals surface area contributed by atoms with Crippen molar-refractivity contribution in [3.8, 4) is 6.07 Å². The Kier molecular flexibility index (Phi) is 4.84. The van der Waals surface area contributed by atoms with Gasteiger partial charge in [0.05, 0.1) is 22.8 Å². The van der Waals surface area contributed by atoms with Crippen LogP contribution in [-0.2, 0) is 6.54 Å². The monoisotopic (exact) mass is 451 g/mol. The van der Waals surface area contributed by atoms with Gasteiger partial charge in [0.15, 0.2) is 7.85 Å². The first-order chi connectivity index (χ1) is 16.3. The summed E-state index contributed by atoms with van der Waals surface area (Å²) in [6, 6.07) is 15.6. The highest BCUT2D eigenvalue weighted by atomic mass is 15.3. The molecule has 6 rings (SSSR count). The lowest BCUT2D eigenvalue weighted by atomic mass is 9.98. The molecule has 0 bridgehead atoms. The highest BCUT2D eigenvalue weighted by Crippen LogP contribution is 2.41. The molecule has 2 aromatic heterocycles. The molecule has 8 heteroatoms. The Hall–Kier alpha value is -3.15. The van der Waals surface area contributed by atoms with Crippen LogP contribution < -0.4 is 21.1 Å². The number of nitrogens with two attached hydrogens (primary N) is 1. The highest BCUT2D eigenvalue weighted by molar-refractivity contribution is 6.31. The summed E-state index contributed by atoms with van der Waals surface area (Å²) in [5.41, 5.74) is 12.3. The molecular formula is C26H30BN7. The SMILES string of the molecule is Bc1ccc2c(N3C[C@@H](C)N4Cc5nc(N6CC[C@@](C)(N)C6)ccc5[C@H]4C3)ccc(C#N)c2n1. The van der Waals surface area contributed by atoms with Gasteiger partial charge in [-0.05, 0) is 55.7 Å². The molecule has 3 aliphatic rings. The second-order valence-corrected chi connectivity index (χ2v) is 10.6. The van der Waals surface area contributed by atoms with E-state index < -0.39 is 0 Å². The van der Waals surface area contributed by atoms with Crippen molar-refractivity contribution in [2.24, 2.45) is 5.73 Å². The minimum absolute atomic E-state index is 0.134. The van der Waals surface area contributed by atoms with Crippen LogP contribution in [0.5, 0.6) is 0 Å². The number of hydrogen-bond acceptors (Lipinski definition) is 7. The molecule has 0 saturated carbocycles. The van der Waals surface area contributed by atoms with Crippen LogP contribution in [0.15, 0.2) is 36.4 Å². The topological polar surface area (TPSA) is 85.3 Å². The molecule has 1 aromatic carbocycles. The van der Waals surface area contributed by atoms with Gasteiger partial charge in [-0.15, -0.1) is 0 Å². The molecule has 0 aliphatic carbocycles. The first kappa shape index (κ1) is 21.4. The molecule has 2 fully saturated rings. The Balaban J connectivity index is 1.33. The first-order valence-electron chi connectivity index (χ1n) is 12.2. The second kappa shape index (κ2) is 7.69. The number of aromatic nitrogens is 2. The highest BCUT2D eigenvalue weighted by Gasteiger charge is 2.40. The molecule has 0 radical (unpaired) electrons. The third-order valence-electron chi connectivity index (χ3n) is 7.79. The maximum Gasteiger partial charge on any atom is 0.163 e. The molecular weight excluding hydrogens is 421 g/mol. The van der Waals surface area contributed by atoms with Gasteiger partial charge >= 0.3 is 0 Å². The van der Waals surface area contributed by atoms with Gasteiger partial charge in [-0.2, -0.15) is 5.26 Å². The number of nitriles is 1. The van der Waals surface area contributed by atoms with Gasteiger partial charge in [0, 0.05) is 55.4 Å². The largest absolute Gasteiger partial charge is 0.368 e. The average molecular weight is 451 g/mol. The van der Waals surface area contributed by atoms with Crippen LogP contribution in [0.2, 0.25) is 0 Å². The summed E-state index contributed by atoms with van der Waals surface area (Å²) in [7, 11) is 1.97. The third-order valence-corrected chi connectivity index (χ3v) is 7.79. The smallest absolute Gasteiger partial charge is 0.163 e. The number of anilines is 2. The van der Waals surface area contributed by atoms with E-state index in [9.17, 15) is 5.26 Å². The fraction of sp³-hybridized carbons (Fsp3) is 0.423. The van der Waals surface area contributed by atoms with Gasteiger partial charge in [0.2, 0.25) is 0 Å². The molecule has 3 aromatic rings. The van der Waals surface area contributed by atoms with Gasteiger partial charge in [0.25, 0.3) is 0 Å². The third kappa shape index (κ3) is 3.42. The minimum Gasteiger partial charge on any atom is -0.368 e. The average Bonchev–Trinajstić information content (AvgIpc) is 3.37. The summed E-state index contributed by atoms with van der Waals surface area (Å²) in [6.45, 7) is 8.99. The van der Waals surface area contributed by atoms with E-state index in [4.69, 9.17) is 15.7 Å². The van der Waals surface area contributed by atoms with Gasteiger partial charge in [0.1, 0.15) is 11.9 Å². The molecule has 3 aliphatic heterocycles. The number of benzene rings is 1. The van der Waals surface area contributed by atoms with Gasteiger partial charge in [-0.25, -0.2) is 4.98 Å². The number of nitrogens with zero attached hydrogens (tertiary/aromatic N) is 6. The lowest BCUT2D eigenvalue weighted by Crippen LogP contribution is -2.51. The molecule has 0 spiro atoms. The van der Waals surface area contributed by atoms with E-state index in [0.717, 1.165) is 67.1 Å². The molecule has 0 unspecified atom stereocenters. The lowest BCUT2D eigenvalue weighted by molar-refractivity contribution is 0.133. The molecule has 34 heavy (non-hydrogen) atoms. The van der Waals surface area contributed by atoms with E-state index in [-0.39, 0.29) is 5.54 Å². The first-order valence-corrected chi connectivity index (χ1v) is 12.2. The van der Waals surface area contributed by atoms with Crippen molar-refractivity contribution in [2.75, 3.05) is 36.0 Å². The number of rotatable bonds is 2. The standard InChI is InChI=1S/C26H30BN7/c1-16-12-33(21-6-3-17(11-28)25-19(21)4-7-23(27)31-25)14-22-18-5-8-24(30-20(18)13-34(16)22)32-10-9-26(2,29)15-32/h3-8,16,22H,9-10,12-15,27,29H2,1-2H3/t16-,22-,26-/m1/s1. The van der Waals surface area contributed by atoms with Crippen LogP contribution >= 0.6 is 0 Å². The lowest BCUT2D eigenvalue weighted by Gasteiger charge is -2.43. The van der Waals surface area contributed by atoms with E-state index >= 15 is 0 Å². The van der Waals surface area contributed by atoms with Crippen molar-refractivity contribution in [1.82, 2.24) is 14.9 Å². The molecule has 2 saturated heterocycles. The predicted molar refractivity (Wildman–Crippen MR) is 138 cm³/mol. The quantitative estimate of drug-likeness (QED) is 0.591. The van der Waals surface area contributed by atoms with Crippen LogP contribution in [0.25, 0.3) is 10.9 Å². The Morgan fingerprint density at radius 2 is 1.97 bits per heavy atom. The van der Waals surface area contributed by atoms with E-state index in [0.29, 0.717) is 17.6 Å². The number of pyridine rings is 2. The van der Waals surface area contributed by atoms with Crippen LogP contribution in [0, 0.1) is 11.3 Å². The second-order valence-electron chi connectivity index (χ2n) is 10.6. The predicted octanol–water partition coefficient (Wildman–Crippen LogP) is 1.45. The van der Waals surface area contributed by atoms with Crippen molar-refractivity contribution in [3.05, 3.63) is 53.2 Å². The van der Waals surface area contributed by atoms with Crippen LogP contribution in [-0.4, -0.2) is 60.5 Å². The van der Waals surface area contributed by atoms with Crippen LogP contribution in [0.1, 0.15) is 43.1 Å². The Bertz CT molecular complexity index is 1330. The fourth-order valence-corrected chi connectivity index (χ4v) is 5.98. The summed E-state index contributed by atoms with van der Waals surface area (Å²) < 4.78 is 0. The van der Waals surface area contributed by atoms with Crippen molar-refractivity contribution in [2.45, 2.75) is 44.4 Å². The van der Waals surface area contributed by atoms with Gasteiger partial charge in [-0.3, -0.25) is 9.88 Å². The molecule has 0 amide bonds. The van der Waals surface area contributed by atoms with E-state index in [1.54, 1.807) is 0 Å². The Morgan fingerprint density at radius 3 is 2.74 bits per heavy atom. The van der Waals surface area contributed by atoms with Crippen molar-refractivity contribution in [3.63, 3.8) is 0 Å². The number of piperazine rings is 1. The van der Waals surface area contributed by atoms with E-state index in [1.807, 2.05) is 20.0 Å². The van der Waals surface area contributed by atoms with Crippen molar-refractivity contribution in [1.29, 1.82) is 5.26 Å². The maximum absolute atomic E-state index is 9.60. The Morgan fingerprint density at radius 1 is 1.12 bits per heavy atom. The number of fused-ring (bicyclic) bond motifs is 4. The van der Waals surface area contributed by atoms with Crippen LogP contribution in [0.4, 0.5) is 11.5 Å². The molecule has 5 heterocycles. The van der Waals surface area contributed by atoms with Gasteiger partial charge in [-0.1, -0.05) is 12.1 Å². The van der Waals surface area contributed by atoms with Crippen molar-refractivity contribution >= 4 is 35.8 Å². The number of hydrogen-bond donors (Lipinski definition) is 1. The maximum atomic E-state index is 9.60. The summed E-state index contributed by atoms with van der Waals surface area (Å²) in [6.07, 6.45) is 0.999. The summed E-state index contributed by atoms with van der Waals surface area (Å²) in [5.74, 6) is 1.05. The molecule has 172 valence electrons. The van der Waals surface area contributed by atoms with E-state index in [1.165, 1.54) is 11.3 Å². The fourth-order valence-electron chi connectivity index (χ4n) is 5.98. The van der Waals surface area contributed by atoms with Crippen LogP contribution in [0.3, 0.4) is 0 Å². The minimum atomic E-state index is -0.134. The normalized spacial score (nSPS) is 26.5. The zero-order valence-electron chi connectivity index (χ0n) is 20.1. The molecule has 3 atom stereocenters. The molecule has 2 N–H and O–H groups in total. The van der Waals surface area contributed by atoms with Crippen molar-refractivity contribution < 1.29 is 0 Å². The molecule has 7 nitrogen and oxygen atoms in total. The summed E-state index contributed by atoms with van der Waals surface area (Å²) in [4.78, 5) is 17.2. The Labute approximate surface area is 201 Å².